The third-order valence-corrected chi connectivity index (χ3v) is 11.8. The Bertz CT molecular complexity index is 1520. The highest BCUT2D eigenvalue weighted by molar-refractivity contribution is 8.10. The predicted octanol–water partition coefficient (Wildman–Crippen LogP) is 6.60. The van der Waals surface area contributed by atoms with Gasteiger partial charge in [0.15, 0.2) is 0 Å². The fourth-order valence-electron chi connectivity index (χ4n) is 7.81. The van der Waals surface area contributed by atoms with Gasteiger partial charge in [0.1, 0.15) is 0 Å². The van der Waals surface area contributed by atoms with Gasteiger partial charge in [-0.05, 0) is 53.0 Å². The van der Waals surface area contributed by atoms with Crippen molar-refractivity contribution >= 4 is 41.0 Å². The van der Waals surface area contributed by atoms with Gasteiger partial charge in [0.2, 0.25) is 11.8 Å². The molecule has 2 bridgehead atoms. The molecule has 2 saturated carbocycles. The van der Waals surface area contributed by atoms with Crippen LogP contribution < -0.4 is 10.2 Å². The molecule has 5 aliphatic rings. The SMILES string of the molecule is C=C1NC2=C(S1)[C@@H](c1ccccc1)[C@@H]1[C@@H]3C[C@H]([C@@H]1S2)[C@@H]1C(=O)N(c2ccc(-c4ccccc4)cc2)C(=O)[C@H]31. The van der Waals surface area contributed by atoms with Gasteiger partial charge in [-0.25, -0.2) is 0 Å². The molecular weight excluding hydrogens is 508 g/mol. The van der Waals surface area contributed by atoms with E-state index in [1.54, 1.807) is 11.8 Å². The first-order chi connectivity index (χ1) is 18.6. The molecular formula is C32H26N2O2S2. The normalized spacial score (nSPS) is 32.9. The number of anilines is 1. The van der Waals surface area contributed by atoms with E-state index in [4.69, 9.17) is 0 Å². The van der Waals surface area contributed by atoms with Gasteiger partial charge >= 0.3 is 0 Å². The topological polar surface area (TPSA) is 49.4 Å². The van der Waals surface area contributed by atoms with Crippen molar-refractivity contribution in [3.8, 4) is 11.1 Å². The number of amides is 2. The Balaban J connectivity index is 1.15. The van der Waals surface area contributed by atoms with Crippen LogP contribution in [0.25, 0.3) is 11.1 Å². The molecule has 4 nitrogen and oxygen atoms in total. The maximum absolute atomic E-state index is 14.0. The minimum atomic E-state index is -0.223. The molecule has 6 heteroatoms. The van der Waals surface area contributed by atoms with E-state index in [9.17, 15) is 9.59 Å². The number of hydrogen-bond donors (Lipinski definition) is 1. The molecule has 3 aromatic rings. The Morgan fingerprint density at radius 1 is 0.789 bits per heavy atom. The van der Waals surface area contributed by atoms with E-state index in [0.29, 0.717) is 16.9 Å². The van der Waals surface area contributed by atoms with Crippen LogP contribution in [0, 0.1) is 29.6 Å². The van der Waals surface area contributed by atoms with E-state index in [1.807, 2.05) is 54.2 Å². The standard InChI is InChI=1S/C32H26N2O2S2/c1-17-33-30-29(37-17)24(20-10-6-3-7-11-20)25-22-16-23(28(25)38-30)27-26(22)31(35)34(32(27)36)21-14-12-19(13-15-21)18-8-4-2-5-9-18/h2-15,22-28,33H,1,16H2/t22-,23-,24-,25-,26+,27-,28-/m0/s1. The summed E-state index contributed by atoms with van der Waals surface area (Å²) in [5, 5.41) is 5.99. The van der Waals surface area contributed by atoms with E-state index in [2.05, 4.69) is 54.4 Å². The number of carbonyl (C=O) groups excluding carboxylic acids is 2. The highest BCUT2D eigenvalue weighted by Crippen LogP contribution is 2.70. The van der Waals surface area contributed by atoms with Crippen molar-refractivity contribution in [3.63, 3.8) is 0 Å². The fourth-order valence-corrected chi connectivity index (χ4v) is 10.8. The van der Waals surface area contributed by atoms with E-state index >= 15 is 0 Å². The minimum absolute atomic E-state index is 0.00314. The minimum Gasteiger partial charge on any atom is -0.344 e. The highest BCUT2D eigenvalue weighted by Gasteiger charge is 2.69. The lowest BCUT2D eigenvalue weighted by molar-refractivity contribution is -0.123. The van der Waals surface area contributed by atoms with Crippen LogP contribution in [-0.4, -0.2) is 17.1 Å². The summed E-state index contributed by atoms with van der Waals surface area (Å²) in [5.74, 6) is 0.541. The first-order valence-electron chi connectivity index (χ1n) is 13.2. The van der Waals surface area contributed by atoms with Crippen LogP contribution in [0.1, 0.15) is 17.9 Å². The molecule has 0 aromatic heterocycles. The Kier molecular flexibility index (Phi) is 5.02. The number of thioether (sulfide) groups is 2. The third kappa shape index (κ3) is 3.13. The van der Waals surface area contributed by atoms with Crippen molar-refractivity contribution in [1.29, 1.82) is 0 Å². The fraction of sp³-hybridized carbons (Fsp3) is 0.250. The molecule has 3 heterocycles. The zero-order valence-electron chi connectivity index (χ0n) is 20.6. The molecule has 3 aromatic carbocycles. The van der Waals surface area contributed by atoms with Gasteiger partial charge in [0, 0.05) is 16.1 Å². The number of nitrogens with one attached hydrogen (secondary N) is 1. The van der Waals surface area contributed by atoms with Gasteiger partial charge in [0.05, 0.1) is 27.6 Å². The number of benzene rings is 3. The van der Waals surface area contributed by atoms with E-state index in [0.717, 1.165) is 22.6 Å². The Labute approximate surface area is 230 Å². The molecule has 188 valence electrons. The third-order valence-electron chi connectivity index (χ3n) is 9.18. The molecule has 1 N–H and O–H groups in total. The van der Waals surface area contributed by atoms with E-state index < -0.39 is 0 Å². The van der Waals surface area contributed by atoms with Gasteiger partial charge in [-0.15, -0.1) is 11.8 Å². The lowest BCUT2D eigenvalue weighted by Gasteiger charge is -2.43. The average molecular weight is 535 g/mol. The van der Waals surface area contributed by atoms with Crippen LogP contribution in [0.5, 0.6) is 0 Å². The molecule has 0 unspecified atom stereocenters. The van der Waals surface area contributed by atoms with Crippen molar-refractivity contribution < 1.29 is 9.59 Å². The Hall–Kier alpha value is -3.22. The molecule has 3 fully saturated rings. The second-order valence-electron chi connectivity index (χ2n) is 10.9. The van der Waals surface area contributed by atoms with Crippen molar-refractivity contribution in [3.05, 3.63) is 112 Å². The number of rotatable bonds is 3. The molecule has 7 atom stereocenters. The molecule has 1 saturated heterocycles. The van der Waals surface area contributed by atoms with Gasteiger partial charge in [-0.3, -0.25) is 14.5 Å². The number of allylic oxidation sites excluding steroid dienone is 1. The summed E-state index contributed by atoms with van der Waals surface area (Å²) >= 11 is 3.63. The number of imide groups is 1. The van der Waals surface area contributed by atoms with E-state index in [1.165, 1.54) is 20.4 Å². The molecule has 2 amide bonds. The zero-order valence-corrected chi connectivity index (χ0v) is 22.3. The number of hydrogen-bond acceptors (Lipinski definition) is 5. The molecule has 2 aliphatic carbocycles. The summed E-state index contributed by atoms with van der Waals surface area (Å²) in [4.78, 5) is 30.7. The number of nitrogens with zero attached hydrogens (tertiary/aromatic N) is 1. The first-order valence-corrected chi connectivity index (χ1v) is 14.9. The molecule has 8 rings (SSSR count). The maximum Gasteiger partial charge on any atom is 0.238 e. The van der Waals surface area contributed by atoms with Crippen molar-refractivity contribution in [1.82, 2.24) is 5.32 Å². The summed E-state index contributed by atoms with van der Waals surface area (Å²) in [5.41, 5.74) is 4.19. The van der Waals surface area contributed by atoms with Crippen LogP contribution >= 0.6 is 23.5 Å². The number of fused-ring (bicyclic) bond motifs is 8. The summed E-state index contributed by atoms with van der Waals surface area (Å²) < 4.78 is 0. The van der Waals surface area contributed by atoms with E-state index in [-0.39, 0.29) is 41.4 Å². The molecule has 0 spiro atoms. The largest absolute Gasteiger partial charge is 0.344 e. The Morgan fingerprint density at radius 3 is 2.13 bits per heavy atom. The van der Waals surface area contributed by atoms with Gasteiger partial charge in [0.25, 0.3) is 0 Å². The first kappa shape index (κ1) is 22.7. The summed E-state index contributed by atoms with van der Waals surface area (Å²) in [7, 11) is 0. The Morgan fingerprint density at radius 2 is 1.42 bits per heavy atom. The van der Waals surface area contributed by atoms with Gasteiger partial charge in [-0.1, -0.05) is 91.1 Å². The smallest absolute Gasteiger partial charge is 0.238 e. The average Bonchev–Trinajstić information content (AvgIpc) is 3.68. The summed E-state index contributed by atoms with van der Waals surface area (Å²) in [6.07, 6.45) is 0.964. The van der Waals surface area contributed by atoms with Crippen LogP contribution in [-0.2, 0) is 9.59 Å². The van der Waals surface area contributed by atoms with Crippen molar-refractivity contribution in [2.45, 2.75) is 17.6 Å². The maximum atomic E-state index is 14.0. The monoisotopic (exact) mass is 534 g/mol. The second kappa shape index (κ2) is 8.39. The quantitative estimate of drug-likeness (QED) is 0.384. The predicted molar refractivity (Wildman–Crippen MR) is 154 cm³/mol. The molecule has 3 aliphatic heterocycles. The highest BCUT2D eigenvalue weighted by atomic mass is 32.2. The summed E-state index contributed by atoms with van der Waals surface area (Å²) in [6.45, 7) is 4.19. The zero-order chi connectivity index (χ0) is 25.5. The van der Waals surface area contributed by atoms with Crippen LogP contribution in [0.15, 0.2) is 106 Å². The van der Waals surface area contributed by atoms with Crippen molar-refractivity contribution in [2.75, 3.05) is 4.90 Å². The van der Waals surface area contributed by atoms with Crippen LogP contribution in [0.4, 0.5) is 5.69 Å². The van der Waals surface area contributed by atoms with Gasteiger partial charge < -0.3 is 5.32 Å². The van der Waals surface area contributed by atoms with Crippen molar-refractivity contribution in [2.24, 2.45) is 29.6 Å². The molecule has 38 heavy (non-hydrogen) atoms. The lowest BCUT2D eigenvalue weighted by atomic mass is 9.68. The second-order valence-corrected chi connectivity index (χ2v) is 13.3. The lowest BCUT2D eigenvalue weighted by Crippen LogP contribution is -2.43. The number of carbonyl (C=O) groups is 2. The van der Waals surface area contributed by atoms with Crippen LogP contribution in [0.3, 0.4) is 0 Å². The summed E-state index contributed by atoms with van der Waals surface area (Å²) in [6, 6.07) is 28.8. The molecule has 0 radical (unpaired) electrons. The van der Waals surface area contributed by atoms with Gasteiger partial charge in [-0.2, -0.15) is 0 Å². The van der Waals surface area contributed by atoms with Crippen LogP contribution in [0.2, 0.25) is 0 Å².